The van der Waals surface area contributed by atoms with Gasteiger partial charge >= 0.3 is 0 Å². The molecule has 110 valence electrons. The molecule has 1 aliphatic carbocycles. The average molecular weight is 268 g/mol. The van der Waals surface area contributed by atoms with Crippen LogP contribution >= 0.6 is 0 Å². The van der Waals surface area contributed by atoms with Crippen molar-refractivity contribution in [1.82, 2.24) is 10.2 Å². The van der Waals surface area contributed by atoms with Crippen LogP contribution in [0.2, 0.25) is 0 Å². The van der Waals surface area contributed by atoms with Gasteiger partial charge in [0.1, 0.15) is 0 Å². The Morgan fingerprint density at radius 3 is 2.53 bits per heavy atom. The van der Waals surface area contributed by atoms with Gasteiger partial charge in [0, 0.05) is 44.2 Å². The van der Waals surface area contributed by atoms with Crippen molar-refractivity contribution < 1.29 is 9.47 Å². The van der Waals surface area contributed by atoms with Crippen LogP contribution in [0, 0.1) is 5.41 Å². The second kappa shape index (κ2) is 5.68. The van der Waals surface area contributed by atoms with E-state index in [4.69, 9.17) is 9.47 Å². The second-order valence-electron chi connectivity index (χ2n) is 6.91. The van der Waals surface area contributed by atoms with E-state index >= 15 is 0 Å². The Morgan fingerprint density at radius 2 is 1.95 bits per heavy atom. The highest BCUT2D eigenvalue weighted by Crippen LogP contribution is 2.31. The number of hydrogen-bond acceptors (Lipinski definition) is 4. The molecule has 0 aromatic carbocycles. The largest absolute Gasteiger partial charge is 0.381 e. The fourth-order valence-corrected chi connectivity index (χ4v) is 3.51. The predicted molar refractivity (Wildman–Crippen MR) is 75.3 cm³/mol. The van der Waals surface area contributed by atoms with E-state index in [9.17, 15) is 0 Å². The van der Waals surface area contributed by atoms with Crippen molar-refractivity contribution in [2.45, 2.75) is 51.4 Å². The molecular weight excluding hydrogens is 240 g/mol. The minimum absolute atomic E-state index is 0.333. The van der Waals surface area contributed by atoms with Gasteiger partial charge < -0.3 is 14.8 Å². The van der Waals surface area contributed by atoms with E-state index in [0.717, 1.165) is 45.4 Å². The quantitative estimate of drug-likeness (QED) is 0.814. The summed E-state index contributed by atoms with van der Waals surface area (Å²) in [4.78, 5) is 2.59. The standard InChI is InChI=1S/C15H28N2O2/c1-12-7-17(8-13(2)19-12)10-15(5-6-18-11-15)9-16-14-3-4-14/h12-14,16H,3-11H2,1-2H3/t12-,13+,15?. The molecule has 3 rings (SSSR count). The zero-order chi connectivity index (χ0) is 13.3. The molecule has 0 amide bonds. The summed E-state index contributed by atoms with van der Waals surface area (Å²) in [6.07, 6.45) is 4.65. The van der Waals surface area contributed by atoms with Crippen molar-refractivity contribution in [2.24, 2.45) is 5.41 Å². The Hall–Kier alpha value is -0.160. The summed E-state index contributed by atoms with van der Waals surface area (Å²) in [6.45, 7) is 10.6. The average Bonchev–Trinajstić information content (AvgIpc) is 3.06. The molecule has 0 aromatic heterocycles. The number of hydrogen-bond donors (Lipinski definition) is 1. The maximum atomic E-state index is 5.83. The summed E-state index contributed by atoms with van der Waals surface area (Å²) in [7, 11) is 0. The van der Waals surface area contributed by atoms with Gasteiger partial charge in [0.15, 0.2) is 0 Å². The van der Waals surface area contributed by atoms with Crippen molar-refractivity contribution in [1.29, 1.82) is 0 Å². The summed E-state index contributed by atoms with van der Waals surface area (Å²) in [6, 6.07) is 0.792. The molecule has 1 N–H and O–H groups in total. The summed E-state index contributed by atoms with van der Waals surface area (Å²) in [5, 5.41) is 3.71. The van der Waals surface area contributed by atoms with Crippen LogP contribution in [0.15, 0.2) is 0 Å². The van der Waals surface area contributed by atoms with Crippen LogP contribution in [0.3, 0.4) is 0 Å². The van der Waals surface area contributed by atoms with E-state index in [1.165, 1.54) is 19.3 Å². The third-order valence-corrected chi connectivity index (χ3v) is 4.58. The van der Waals surface area contributed by atoms with E-state index in [1.807, 2.05) is 0 Å². The molecule has 2 heterocycles. The fourth-order valence-electron chi connectivity index (χ4n) is 3.51. The summed E-state index contributed by atoms with van der Waals surface area (Å²) >= 11 is 0. The Kier molecular flexibility index (Phi) is 4.13. The van der Waals surface area contributed by atoms with Crippen molar-refractivity contribution in [3.63, 3.8) is 0 Å². The zero-order valence-corrected chi connectivity index (χ0v) is 12.4. The Bertz CT molecular complexity index is 291. The number of ether oxygens (including phenoxy) is 2. The van der Waals surface area contributed by atoms with E-state index < -0.39 is 0 Å². The SMILES string of the molecule is C[C@@H]1CN(CC2(CNC3CC3)CCOC2)C[C@H](C)O1. The van der Waals surface area contributed by atoms with Crippen molar-refractivity contribution in [2.75, 3.05) is 39.4 Å². The number of rotatable bonds is 5. The monoisotopic (exact) mass is 268 g/mol. The number of nitrogens with one attached hydrogen (secondary N) is 1. The highest BCUT2D eigenvalue weighted by molar-refractivity contribution is 4.93. The molecule has 1 saturated carbocycles. The fraction of sp³-hybridized carbons (Fsp3) is 1.00. The minimum Gasteiger partial charge on any atom is -0.381 e. The van der Waals surface area contributed by atoms with E-state index in [-0.39, 0.29) is 0 Å². The Labute approximate surface area is 116 Å². The molecule has 3 atom stereocenters. The van der Waals surface area contributed by atoms with Crippen molar-refractivity contribution in [3.8, 4) is 0 Å². The van der Waals surface area contributed by atoms with Gasteiger partial charge in [-0.3, -0.25) is 4.90 Å². The molecular formula is C15H28N2O2. The molecule has 2 aliphatic heterocycles. The van der Waals surface area contributed by atoms with E-state index in [0.29, 0.717) is 17.6 Å². The smallest absolute Gasteiger partial charge is 0.0678 e. The van der Waals surface area contributed by atoms with E-state index in [1.54, 1.807) is 0 Å². The molecule has 4 nitrogen and oxygen atoms in total. The lowest BCUT2D eigenvalue weighted by Crippen LogP contribution is -2.52. The first kappa shape index (κ1) is 13.8. The van der Waals surface area contributed by atoms with Crippen LogP contribution in [0.5, 0.6) is 0 Å². The highest BCUT2D eigenvalue weighted by atomic mass is 16.5. The first-order valence-corrected chi connectivity index (χ1v) is 7.84. The van der Waals surface area contributed by atoms with Crippen LogP contribution in [-0.2, 0) is 9.47 Å². The third kappa shape index (κ3) is 3.69. The van der Waals surface area contributed by atoms with Crippen LogP contribution in [0.25, 0.3) is 0 Å². The molecule has 1 unspecified atom stereocenters. The van der Waals surface area contributed by atoms with Gasteiger partial charge in [-0.05, 0) is 33.1 Å². The summed E-state index contributed by atoms with van der Waals surface area (Å²) < 4.78 is 11.5. The molecule has 4 heteroatoms. The highest BCUT2D eigenvalue weighted by Gasteiger charge is 2.39. The zero-order valence-electron chi connectivity index (χ0n) is 12.4. The van der Waals surface area contributed by atoms with Gasteiger partial charge in [-0.2, -0.15) is 0 Å². The lowest BCUT2D eigenvalue weighted by Gasteiger charge is -2.40. The molecule has 3 fully saturated rings. The van der Waals surface area contributed by atoms with Crippen LogP contribution in [0.4, 0.5) is 0 Å². The van der Waals surface area contributed by atoms with Crippen LogP contribution in [0.1, 0.15) is 33.1 Å². The normalized spacial score (nSPS) is 40.7. The van der Waals surface area contributed by atoms with Gasteiger partial charge in [0.2, 0.25) is 0 Å². The van der Waals surface area contributed by atoms with Crippen molar-refractivity contribution in [3.05, 3.63) is 0 Å². The van der Waals surface area contributed by atoms with Gasteiger partial charge in [0.05, 0.1) is 18.8 Å². The van der Waals surface area contributed by atoms with Gasteiger partial charge in [-0.25, -0.2) is 0 Å². The topological polar surface area (TPSA) is 33.7 Å². The van der Waals surface area contributed by atoms with Gasteiger partial charge in [0.25, 0.3) is 0 Å². The Morgan fingerprint density at radius 1 is 1.21 bits per heavy atom. The molecule has 3 aliphatic rings. The first-order valence-electron chi connectivity index (χ1n) is 7.84. The van der Waals surface area contributed by atoms with E-state index in [2.05, 4.69) is 24.1 Å². The lowest BCUT2D eigenvalue weighted by molar-refractivity contribution is -0.0780. The molecule has 0 aromatic rings. The first-order chi connectivity index (χ1) is 9.15. The van der Waals surface area contributed by atoms with Gasteiger partial charge in [-0.1, -0.05) is 0 Å². The molecule has 0 radical (unpaired) electrons. The predicted octanol–water partition coefficient (Wildman–Crippen LogP) is 1.25. The molecule has 0 spiro atoms. The van der Waals surface area contributed by atoms with Gasteiger partial charge in [-0.15, -0.1) is 0 Å². The molecule has 19 heavy (non-hydrogen) atoms. The van der Waals surface area contributed by atoms with Crippen LogP contribution in [-0.4, -0.2) is 62.5 Å². The second-order valence-corrected chi connectivity index (χ2v) is 6.91. The number of morpholine rings is 1. The summed E-state index contributed by atoms with van der Waals surface area (Å²) in [5.74, 6) is 0. The Balaban J connectivity index is 1.56. The van der Waals surface area contributed by atoms with Crippen LogP contribution < -0.4 is 5.32 Å². The summed E-state index contributed by atoms with van der Waals surface area (Å²) in [5.41, 5.74) is 0.333. The maximum absolute atomic E-state index is 5.83. The third-order valence-electron chi connectivity index (χ3n) is 4.58. The lowest BCUT2D eigenvalue weighted by atomic mass is 9.86. The molecule has 2 saturated heterocycles. The maximum Gasteiger partial charge on any atom is 0.0678 e. The van der Waals surface area contributed by atoms with Crippen molar-refractivity contribution >= 4 is 0 Å². The molecule has 0 bridgehead atoms. The minimum atomic E-state index is 0.333. The number of nitrogens with zero attached hydrogens (tertiary/aromatic N) is 1.